The number of nitrogens with zero attached hydrogens (tertiary/aromatic N) is 3. The van der Waals surface area contributed by atoms with Crippen LogP contribution in [0.15, 0.2) is 23.1 Å². The van der Waals surface area contributed by atoms with Crippen molar-refractivity contribution in [2.24, 2.45) is 5.92 Å². The van der Waals surface area contributed by atoms with Crippen molar-refractivity contribution in [1.82, 2.24) is 9.21 Å². The van der Waals surface area contributed by atoms with Crippen molar-refractivity contribution in [3.8, 4) is 6.07 Å². The minimum atomic E-state index is -3.65. The quantitative estimate of drug-likeness (QED) is 0.825. The van der Waals surface area contributed by atoms with Crippen LogP contribution in [-0.4, -0.2) is 50.3 Å². The molecule has 1 aliphatic heterocycles. The third kappa shape index (κ3) is 3.73. The molecule has 1 aromatic carbocycles. The Morgan fingerprint density at radius 2 is 1.91 bits per heavy atom. The molecule has 5 nitrogen and oxygen atoms in total. The lowest BCUT2D eigenvalue weighted by molar-refractivity contribution is 0.178. The maximum atomic E-state index is 12.7. The first-order valence-corrected chi connectivity index (χ1v) is 9.12. The summed E-state index contributed by atoms with van der Waals surface area (Å²) in [4.78, 5) is 2.14. The highest BCUT2D eigenvalue weighted by Crippen LogP contribution is 2.31. The Morgan fingerprint density at radius 1 is 1.27 bits per heavy atom. The molecule has 22 heavy (non-hydrogen) atoms. The highest BCUT2D eigenvalue weighted by Gasteiger charge is 2.30. The largest absolute Gasteiger partial charge is 0.299 e. The summed E-state index contributed by atoms with van der Waals surface area (Å²) < 4.78 is 26.7. The van der Waals surface area contributed by atoms with Crippen molar-refractivity contribution in [2.45, 2.75) is 11.8 Å². The zero-order valence-corrected chi connectivity index (χ0v) is 14.5. The molecular weight excluding hydrogens is 345 g/mol. The smallest absolute Gasteiger partial charge is 0.244 e. The molecule has 8 heteroatoms. The number of piperazine rings is 1. The molecule has 0 unspecified atom stereocenters. The Kier molecular flexibility index (Phi) is 5.70. The second kappa shape index (κ2) is 7.16. The van der Waals surface area contributed by atoms with Gasteiger partial charge in [0.05, 0.1) is 22.0 Å². The molecule has 1 saturated heterocycles. The van der Waals surface area contributed by atoms with Crippen molar-refractivity contribution in [3.05, 3.63) is 28.2 Å². The Hall–Kier alpha value is -0.840. The Labute approximate surface area is 141 Å². The van der Waals surface area contributed by atoms with Gasteiger partial charge in [0.2, 0.25) is 10.0 Å². The molecule has 1 fully saturated rings. The van der Waals surface area contributed by atoms with Crippen molar-refractivity contribution >= 4 is 33.2 Å². The standard InChI is InChI=1S/C14H17Cl2N3O2S/c1-11(9-17)10-18-5-7-19(8-6-18)22(20,21)13-4-2-3-12(15)14(13)16/h2-4,11H,5-8,10H2,1H3/t11-/m1/s1. The van der Waals surface area contributed by atoms with Crippen molar-refractivity contribution in [1.29, 1.82) is 5.26 Å². The maximum Gasteiger partial charge on any atom is 0.244 e. The van der Waals surface area contributed by atoms with Gasteiger partial charge in [-0.05, 0) is 19.1 Å². The molecule has 120 valence electrons. The zero-order chi connectivity index (χ0) is 16.3. The van der Waals surface area contributed by atoms with Crippen LogP contribution >= 0.6 is 23.2 Å². The molecule has 1 atom stereocenters. The van der Waals surface area contributed by atoms with Gasteiger partial charge in [-0.25, -0.2) is 8.42 Å². The number of sulfonamides is 1. The summed E-state index contributed by atoms with van der Waals surface area (Å²) in [5.41, 5.74) is 0. The fraction of sp³-hybridized carbons (Fsp3) is 0.500. The van der Waals surface area contributed by atoms with Gasteiger partial charge in [-0.3, -0.25) is 4.90 Å². The predicted molar refractivity (Wildman–Crippen MR) is 86.4 cm³/mol. The summed E-state index contributed by atoms with van der Waals surface area (Å²) in [7, 11) is -3.65. The van der Waals surface area contributed by atoms with Crippen LogP contribution < -0.4 is 0 Å². The summed E-state index contributed by atoms with van der Waals surface area (Å²) >= 11 is 11.9. The van der Waals surface area contributed by atoms with Crippen LogP contribution in [0.5, 0.6) is 0 Å². The summed E-state index contributed by atoms with van der Waals surface area (Å²) in [5.74, 6) is -0.0643. The van der Waals surface area contributed by atoms with Crippen LogP contribution in [0.2, 0.25) is 10.0 Å². The van der Waals surface area contributed by atoms with Gasteiger partial charge < -0.3 is 0 Å². The van der Waals surface area contributed by atoms with Gasteiger partial charge in [-0.1, -0.05) is 29.3 Å². The van der Waals surface area contributed by atoms with Gasteiger partial charge in [-0.2, -0.15) is 9.57 Å². The molecule has 2 rings (SSSR count). The van der Waals surface area contributed by atoms with E-state index >= 15 is 0 Å². The van der Waals surface area contributed by atoms with E-state index in [1.54, 1.807) is 12.1 Å². The molecule has 0 aliphatic carbocycles. The second-order valence-electron chi connectivity index (χ2n) is 5.29. The van der Waals surface area contributed by atoms with Crippen LogP contribution in [0.3, 0.4) is 0 Å². The topological polar surface area (TPSA) is 64.4 Å². The first kappa shape index (κ1) is 17.5. The predicted octanol–water partition coefficient (Wildman–Crippen LogP) is 2.46. The van der Waals surface area contributed by atoms with Gasteiger partial charge in [-0.15, -0.1) is 0 Å². The lowest BCUT2D eigenvalue weighted by Gasteiger charge is -2.34. The van der Waals surface area contributed by atoms with E-state index in [2.05, 4.69) is 11.0 Å². The number of benzene rings is 1. The molecule has 1 aliphatic rings. The number of hydrogen-bond donors (Lipinski definition) is 0. The highest BCUT2D eigenvalue weighted by atomic mass is 35.5. The monoisotopic (exact) mass is 361 g/mol. The van der Waals surface area contributed by atoms with E-state index in [1.807, 2.05) is 6.92 Å². The van der Waals surface area contributed by atoms with E-state index in [0.29, 0.717) is 32.7 Å². The van der Waals surface area contributed by atoms with E-state index < -0.39 is 10.0 Å². The molecule has 0 spiro atoms. The first-order valence-electron chi connectivity index (χ1n) is 6.92. The van der Waals surface area contributed by atoms with Crippen molar-refractivity contribution in [3.63, 3.8) is 0 Å². The molecule has 1 heterocycles. The third-order valence-corrected chi connectivity index (χ3v) is 6.49. The van der Waals surface area contributed by atoms with Gasteiger partial charge in [0.1, 0.15) is 4.90 Å². The van der Waals surface area contributed by atoms with E-state index in [1.165, 1.54) is 10.4 Å². The van der Waals surface area contributed by atoms with E-state index in [0.717, 1.165) is 0 Å². The maximum absolute atomic E-state index is 12.7. The SMILES string of the molecule is C[C@H](C#N)CN1CCN(S(=O)(=O)c2cccc(Cl)c2Cl)CC1. The Bertz CT molecular complexity index is 680. The summed E-state index contributed by atoms with van der Waals surface area (Å²) in [6.45, 7) is 4.47. The van der Waals surface area contributed by atoms with Gasteiger partial charge in [0.25, 0.3) is 0 Å². The van der Waals surface area contributed by atoms with Crippen molar-refractivity contribution in [2.75, 3.05) is 32.7 Å². The summed E-state index contributed by atoms with van der Waals surface area (Å²) in [6, 6.07) is 6.79. The average Bonchev–Trinajstić information content (AvgIpc) is 2.50. The molecule has 0 N–H and O–H groups in total. The molecule has 1 aromatic rings. The summed E-state index contributed by atoms with van der Waals surface area (Å²) in [5, 5.41) is 9.13. The van der Waals surface area contributed by atoms with Crippen LogP contribution in [0.4, 0.5) is 0 Å². The molecule has 0 amide bonds. The molecule has 0 bridgehead atoms. The lowest BCUT2D eigenvalue weighted by atomic mass is 10.2. The van der Waals surface area contributed by atoms with E-state index in [-0.39, 0.29) is 20.9 Å². The number of hydrogen-bond acceptors (Lipinski definition) is 4. The van der Waals surface area contributed by atoms with Crippen molar-refractivity contribution < 1.29 is 8.42 Å². The minimum absolute atomic E-state index is 0.0421. The fourth-order valence-electron chi connectivity index (χ4n) is 2.40. The minimum Gasteiger partial charge on any atom is -0.299 e. The highest BCUT2D eigenvalue weighted by molar-refractivity contribution is 7.89. The van der Waals surface area contributed by atoms with E-state index in [9.17, 15) is 8.42 Å². The molecule has 0 aromatic heterocycles. The van der Waals surface area contributed by atoms with Crippen LogP contribution in [-0.2, 0) is 10.0 Å². The third-order valence-electron chi connectivity index (χ3n) is 3.62. The van der Waals surface area contributed by atoms with Gasteiger partial charge in [0, 0.05) is 32.7 Å². The number of halogens is 2. The van der Waals surface area contributed by atoms with E-state index in [4.69, 9.17) is 28.5 Å². The second-order valence-corrected chi connectivity index (χ2v) is 7.98. The van der Waals surface area contributed by atoms with Crippen LogP contribution in [0.1, 0.15) is 6.92 Å². The zero-order valence-electron chi connectivity index (χ0n) is 12.2. The molecule has 0 radical (unpaired) electrons. The number of nitriles is 1. The fourth-order valence-corrected chi connectivity index (χ4v) is 4.56. The normalized spacial score (nSPS) is 18.8. The Balaban J connectivity index is 2.10. The van der Waals surface area contributed by atoms with Crippen LogP contribution in [0, 0.1) is 17.2 Å². The van der Waals surface area contributed by atoms with Gasteiger partial charge >= 0.3 is 0 Å². The molecular formula is C14H17Cl2N3O2S. The summed E-state index contributed by atoms with van der Waals surface area (Å²) in [6.07, 6.45) is 0. The Morgan fingerprint density at radius 3 is 2.50 bits per heavy atom. The lowest BCUT2D eigenvalue weighted by Crippen LogP contribution is -2.49. The van der Waals surface area contributed by atoms with Crippen LogP contribution in [0.25, 0.3) is 0 Å². The first-order chi connectivity index (χ1) is 10.4. The average molecular weight is 362 g/mol. The van der Waals surface area contributed by atoms with Gasteiger partial charge in [0.15, 0.2) is 0 Å². The number of rotatable bonds is 4. The molecule has 0 saturated carbocycles.